The number of hydrogen-bond acceptors (Lipinski definition) is 3. The highest BCUT2D eigenvalue weighted by Crippen LogP contribution is 2.20. The fourth-order valence-electron chi connectivity index (χ4n) is 1.50. The minimum atomic E-state index is 0.554. The molecule has 2 rings (SSSR count). The monoisotopic (exact) mass is 246 g/mol. The van der Waals surface area contributed by atoms with Crippen molar-refractivity contribution in [3.63, 3.8) is 0 Å². The van der Waals surface area contributed by atoms with Gasteiger partial charge in [-0.2, -0.15) is 5.26 Å². The van der Waals surface area contributed by atoms with E-state index in [1.807, 2.05) is 17.8 Å². The highest BCUT2D eigenvalue weighted by atomic mass is 35.5. The van der Waals surface area contributed by atoms with E-state index < -0.39 is 0 Å². The van der Waals surface area contributed by atoms with Crippen LogP contribution in [-0.4, -0.2) is 9.55 Å². The number of hydrogen-bond donors (Lipinski definition) is 1. The summed E-state index contributed by atoms with van der Waals surface area (Å²) in [5.74, 6) is 0.897. The van der Waals surface area contributed by atoms with Gasteiger partial charge in [0.1, 0.15) is 11.9 Å². The van der Waals surface area contributed by atoms with Crippen LogP contribution in [0.25, 0.3) is 0 Å². The third-order valence-electron chi connectivity index (χ3n) is 2.46. The van der Waals surface area contributed by atoms with Gasteiger partial charge in [0.05, 0.1) is 17.8 Å². The minimum absolute atomic E-state index is 0.554. The second kappa shape index (κ2) is 4.89. The van der Waals surface area contributed by atoms with Crippen LogP contribution in [0.2, 0.25) is 5.02 Å². The largest absolute Gasteiger partial charge is 0.377 e. The molecule has 1 heterocycles. The highest BCUT2D eigenvalue weighted by molar-refractivity contribution is 6.30. The number of anilines is 1. The molecule has 4 nitrogen and oxygen atoms in total. The second-order valence-electron chi connectivity index (χ2n) is 3.61. The summed E-state index contributed by atoms with van der Waals surface area (Å²) in [6.07, 6.45) is 3.61. The van der Waals surface area contributed by atoms with Gasteiger partial charge in [0.15, 0.2) is 0 Å². The molecule has 5 heteroatoms. The Bertz CT molecular complexity index is 568. The molecular weight excluding hydrogens is 236 g/mol. The molecule has 17 heavy (non-hydrogen) atoms. The molecule has 0 spiro atoms. The van der Waals surface area contributed by atoms with Gasteiger partial charge < -0.3 is 9.88 Å². The van der Waals surface area contributed by atoms with Crippen molar-refractivity contribution in [1.82, 2.24) is 9.55 Å². The first-order valence-corrected chi connectivity index (χ1v) is 5.48. The summed E-state index contributed by atoms with van der Waals surface area (Å²) in [5.41, 5.74) is 1.30. The molecule has 0 fully saturated rings. The first kappa shape index (κ1) is 11.5. The van der Waals surface area contributed by atoms with Crippen LogP contribution in [0.15, 0.2) is 30.6 Å². The van der Waals surface area contributed by atoms with Crippen molar-refractivity contribution < 1.29 is 0 Å². The summed E-state index contributed by atoms with van der Waals surface area (Å²) in [6, 6.07) is 7.26. The molecule has 0 atom stereocenters. The third-order valence-corrected chi connectivity index (χ3v) is 2.70. The minimum Gasteiger partial charge on any atom is -0.377 e. The Labute approximate surface area is 104 Å². The molecule has 1 N–H and O–H groups in total. The average Bonchev–Trinajstić information content (AvgIpc) is 2.72. The van der Waals surface area contributed by atoms with Crippen molar-refractivity contribution in [2.45, 2.75) is 6.54 Å². The van der Waals surface area contributed by atoms with Crippen LogP contribution >= 0.6 is 11.6 Å². The number of imidazole rings is 1. The molecule has 0 radical (unpaired) electrons. The zero-order valence-corrected chi connectivity index (χ0v) is 10.1. The number of nitrogens with one attached hydrogen (secondary N) is 1. The molecule has 0 aliphatic heterocycles. The van der Waals surface area contributed by atoms with Crippen molar-refractivity contribution in [3.05, 3.63) is 47.0 Å². The van der Waals surface area contributed by atoms with E-state index in [1.165, 1.54) is 0 Å². The molecule has 0 saturated carbocycles. The van der Waals surface area contributed by atoms with Gasteiger partial charge >= 0.3 is 0 Å². The summed E-state index contributed by atoms with van der Waals surface area (Å²) in [7, 11) is 1.92. The summed E-state index contributed by atoms with van der Waals surface area (Å²) >= 11 is 5.90. The van der Waals surface area contributed by atoms with E-state index >= 15 is 0 Å². The van der Waals surface area contributed by atoms with Crippen molar-refractivity contribution in [3.8, 4) is 6.07 Å². The summed E-state index contributed by atoms with van der Waals surface area (Å²) in [5, 5.41) is 12.7. The average molecular weight is 247 g/mol. The maximum absolute atomic E-state index is 8.97. The van der Waals surface area contributed by atoms with Crippen molar-refractivity contribution >= 4 is 17.3 Å². The molecule has 1 aromatic heterocycles. The lowest BCUT2D eigenvalue weighted by molar-refractivity contribution is 0.813. The Morgan fingerprint density at radius 2 is 2.35 bits per heavy atom. The Morgan fingerprint density at radius 3 is 3.00 bits per heavy atom. The molecule has 0 unspecified atom stereocenters. The Kier molecular flexibility index (Phi) is 3.31. The first-order chi connectivity index (χ1) is 8.20. The maximum Gasteiger partial charge on any atom is 0.127 e. The van der Waals surface area contributed by atoms with Gasteiger partial charge in [0.25, 0.3) is 0 Å². The zero-order chi connectivity index (χ0) is 12.3. The number of aromatic nitrogens is 2. The van der Waals surface area contributed by atoms with Gasteiger partial charge in [-0.25, -0.2) is 4.98 Å². The summed E-state index contributed by atoms with van der Waals surface area (Å²) in [4.78, 5) is 4.19. The van der Waals surface area contributed by atoms with Gasteiger partial charge in [-0.05, 0) is 18.2 Å². The third kappa shape index (κ3) is 2.58. The Balaban J connectivity index is 2.17. The predicted molar refractivity (Wildman–Crippen MR) is 66.7 cm³/mol. The lowest BCUT2D eigenvalue weighted by atomic mass is 10.2. The van der Waals surface area contributed by atoms with Crippen molar-refractivity contribution in [2.24, 2.45) is 7.05 Å². The molecule has 0 aliphatic carbocycles. The molecule has 0 bridgehead atoms. The van der Waals surface area contributed by atoms with E-state index in [9.17, 15) is 0 Å². The van der Waals surface area contributed by atoms with E-state index in [0.717, 1.165) is 11.5 Å². The SMILES string of the molecule is Cn1ccnc1CNc1cc(Cl)ccc1C#N. The van der Waals surface area contributed by atoms with Gasteiger partial charge in [0.2, 0.25) is 0 Å². The number of nitrogens with zero attached hydrogens (tertiary/aromatic N) is 3. The summed E-state index contributed by atoms with van der Waals surface area (Å²) in [6.45, 7) is 0.554. The highest BCUT2D eigenvalue weighted by Gasteiger charge is 2.04. The lowest BCUT2D eigenvalue weighted by Gasteiger charge is -2.08. The molecular formula is C12H11ClN4. The van der Waals surface area contributed by atoms with Gasteiger partial charge in [-0.15, -0.1) is 0 Å². The molecule has 2 aromatic rings. The van der Waals surface area contributed by atoms with E-state index in [2.05, 4.69) is 16.4 Å². The normalized spacial score (nSPS) is 9.94. The van der Waals surface area contributed by atoms with Crippen LogP contribution in [-0.2, 0) is 13.6 Å². The molecule has 86 valence electrons. The van der Waals surface area contributed by atoms with Gasteiger partial charge in [0, 0.05) is 24.5 Å². The number of rotatable bonds is 3. The van der Waals surface area contributed by atoms with Gasteiger partial charge in [-0.1, -0.05) is 11.6 Å². The molecule has 0 saturated heterocycles. The number of benzene rings is 1. The first-order valence-electron chi connectivity index (χ1n) is 5.10. The molecule has 0 amide bonds. The molecule has 1 aromatic carbocycles. The topological polar surface area (TPSA) is 53.6 Å². The van der Waals surface area contributed by atoms with Crippen molar-refractivity contribution in [1.29, 1.82) is 5.26 Å². The number of nitriles is 1. The Hall–Kier alpha value is -1.99. The number of aryl methyl sites for hydroxylation is 1. The van der Waals surface area contributed by atoms with Crippen LogP contribution in [0.3, 0.4) is 0 Å². The van der Waals surface area contributed by atoms with Gasteiger partial charge in [-0.3, -0.25) is 0 Å². The van der Waals surface area contributed by atoms with E-state index in [0.29, 0.717) is 17.1 Å². The zero-order valence-electron chi connectivity index (χ0n) is 9.31. The quantitative estimate of drug-likeness (QED) is 0.906. The van der Waals surface area contributed by atoms with E-state index in [-0.39, 0.29) is 0 Å². The summed E-state index contributed by atoms with van der Waals surface area (Å²) < 4.78 is 1.92. The fourth-order valence-corrected chi connectivity index (χ4v) is 1.67. The van der Waals surface area contributed by atoms with Crippen LogP contribution in [0.5, 0.6) is 0 Å². The van der Waals surface area contributed by atoms with Crippen LogP contribution in [0.1, 0.15) is 11.4 Å². The van der Waals surface area contributed by atoms with E-state index in [1.54, 1.807) is 24.4 Å². The van der Waals surface area contributed by atoms with Crippen LogP contribution in [0, 0.1) is 11.3 Å². The van der Waals surface area contributed by atoms with Crippen molar-refractivity contribution in [2.75, 3.05) is 5.32 Å². The standard InChI is InChI=1S/C12H11ClN4/c1-17-5-4-15-12(17)8-16-11-6-10(13)3-2-9(11)7-14/h2-6,16H,8H2,1H3. The second-order valence-corrected chi connectivity index (χ2v) is 4.05. The predicted octanol–water partition coefficient (Wildman–Crippen LogP) is 2.56. The van der Waals surface area contributed by atoms with Crippen LogP contribution in [0.4, 0.5) is 5.69 Å². The van der Waals surface area contributed by atoms with Crippen LogP contribution < -0.4 is 5.32 Å². The maximum atomic E-state index is 8.97. The number of halogens is 1. The fraction of sp³-hybridized carbons (Fsp3) is 0.167. The molecule has 0 aliphatic rings. The lowest BCUT2D eigenvalue weighted by Crippen LogP contribution is -2.06. The van der Waals surface area contributed by atoms with E-state index in [4.69, 9.17) is 16.9 Å². The Morgan fingerprint density at radius 1 is 1.53 bits per heavy atom. The smallest absolute Gasteiger partial charge is 0.127 e.